The summed E-state index contributed by atoms with van der Waals surface area (Å²) >= 11 is 0. The van der Waals surface area contributed by atoms with Gasteiger partial charge in [-0.15, -0.1) is 0 Å². The first kappa shape index (κ1) is 16.9. The van der Waals surface area contributed by atoms with Crippen molar-refractivity contribution in [1.82, 2.24) is 4.72 Å². The van der Waals surface area contributed by atoms with Crippen LogP contribution in [0.15, 0.2) is 47.4 Å². The quantitative estimate of drug-likeness (QED) is 0.817. The average molecular weight is 348 g/mol. The van der Waals surface area contributed by atoms with Crippen molar-refractivity contribution in [2.24, 2.45) is 0 Å². The molecule has 0 aliphatic carbocycles. The Morgan fingerprint density at radius 1 is 1.21 bits per heavy atom. The summed E-state index contributed by atoms with van der Waals surface area (Å²) in [6, 6.07) is 12.0. The van der Waals surface area contributed by atoms with E-state index in [1.807, 2.05) is 12.1 Å². The molecule has 4 nitrogen and oxygen atoms in total. The molecule has 6 heteroatoms. The fraction of sp³-hybridized carbons (Fsp3) is 0.333. The van der Waals surface area contributed by atoms with Gasteiger partial charge in [-0.3, -0.25) is 0 Å². The highest BCUT2D eigenvalue weighted by Gasteiger charge is 2.19. The third kappa shape index (κ3) is 3.60. The van der Waals surface area contributed by atoms with Crippen LogP contribution in [0.4, 0.5) is 10.1 Å². The first-order chi connectivity index (χ1) is 11.5. The molecule has 24 heavy (non-hydrogen) atoms. The Morgan fingerprint density at radius 3 is 2.79 bits per heavy atom. The Labute approximate surface area is 142 Å². The van der Waals surface area contributed by atoms with Crippen LogP contribution >= 0.6 is 0 Å². The van der Waals surface area contributed by atoms with Gasteiger partial charge in [-0.05, 0) is 55.2 Å². The Morgan fingerprint density at radius 2 is 2.00 bits per heavy atom. The minimum absolute atomic E-state index is 0.135. The van der Waals surface area contributed by atoms with Crippen molar-refractivity contribution in [2.45, 2.75) is 24.7 Å². The van der Waals surface area contributed by atoms with Gasteiger partial charge in [0.25, 0.3) is 0 Å². The summed E-state index contributed by atoms with van der Waals surface area (Å²) in [6.45, 7) is 3.74. The van der Waals surface area contributed by atoms with Gasteiger partial charge < -0.3 is 4.90 Å². The van der Waals surface area contributed by atoms with Crippen molar-refractivity contribution in [3.8, 4) is 0 Å². The number of hydrogen-bond acceptors (Lipinski definition) is 3. The Balaban J connectivity index is 1.55. The van der Waals surface area contributed by atoms with Gasteiger partial charge in [0.1, 0.15) is 5.82 Å². The van der Waals surface area contributed by atoms with Crippen LogP contribution < -0.4 is 9.62 Å². The smallest absolute Gasteiger partial charge is 0.240 e. The largest absolute Gasteiger partial charge is 0.371 e. The van der Waals surface area contributed by atoms with Gasteiger partial charge in [0.05, 0.1) is 4.90 Å². The second kappa shape index (κ2) is 6.91. The molecule has 0 atom stereocenters. The summed E-state index contributed by atoms with van der Waals surface area (Å²) in [5.74, 6) is -0.431. The highest BCUT2D eigenvalue weighted by molar-refractivity contribution is 7.89. The fourth-order valence-corrected chi connectivity index (χ4v) is 4.41. The lowest BCUT2D eigenvalue weighted by atomic mass is 10.2. The summed E-state index contributed by atoms with van der Waals surface area (Å²) < 4.78 is 40.3. The third-order valence-corrected chi connectivity index (χ3v) is 5.93. The van der Waals surface area contributed by atoms with E-state index in [-0.39, 0.29) is 4.90 Å². The predicted molar refractivity (Wildman–Crippen MR) is 93.3 cm³/mol. The molecule has 1 N–H and O–H groups in total. The molecule has 0 aromatic heterocycles. The van der Waals surface area contributed by atoms with Gasteiger partial charge in [0.15, 0.2) is 0 Å². The summed E-state index contributed by atoms with van der Waals surface area (Å²) in [5, 5.41) is 0. The highest BCUT2D eigenvalue weighted by Crippen LogP contribution is 2.27. The topological polar surface area (TPSA) is 49.4 Å². The van der Waals surface area contributed by atoms with Gasteiger partial charge in [0, 0.05) is 25.3 Å². The van der Waals surface area contributed by atoms with Gasteiger partial charge in [-0.2, -0.15) is 0 Å². The van der Waals surface area contributed by atoms with Crippen molar-refractivity contribution in [1.29, 1.82) is 0 Å². The number of aryl methyl sites for hydroxylation is 1. The fourth-order valence-electron chi connectivity index (χ4n) is 3.11. The minimum atomic E-state index is -3.60. The standard InChI is InChI=1S/C18H21FN2O2S/c1-14-13-16(19)7-8-18(14)24(22,23)20-10-4-11-21-12-9-15-5-2-3-6-17(15)21/h2-3,5-8,13,20H,4,9-12H2,1H3. The number of halogens is 1. The minimum Gasteiger partial charge on any atom is -0.371 e. The van der Waals surface area contributed by atoms with Crippen molar-refractivity contribution >= 4 is 15.7 Å². The monoisotopic (exact) mass is 348 g/mol. The number of para-hydroxylation sites is 1. The lowest BCUT2D eigenvalue weighted by Gasteiger charge is -2.19. The zero-order valence-electron chi connectivity index (χ0n) is 13.6. The molecular weight excluding hydrogens is 327 g/mol. The van der Waals surface area contributed by atoms with Crippen molar-refractivity contribution in [3.63, 3.8) is 0 Å². The van der Waals surface area contributed by atoms with Crippen molar-refractivity contribution in [3.05, 3.63) is 59.4 Å². The molecular formula is C18H21FN2O2S. The summed E-state index contributed by atoms with van der Waals surface area (Å²) in [7, 11) is -3.60. The van der Waals surface area contributed by atoms with E-state index < -0.39 is 15.8 Å². The Bertz CT molecular complexity index is 837. The van der Waals surface area contributed by atoms with Crippen LogP contribution in [0.2, 0.25) is 0 Å². The lowest BCUT2D eigenvalue weighted by molar-refractivity contribution is 0.576. The number of rotatable bonds is 6. The summed E-state index contributed by atoms with van der Waals surface area (Å²) in [6.07, 6.45) is 1.75. The normalized spacial score (nSPS) is 14.0. The van der Waals surface area contributed by atoms with Gasteiger partial charge in [-0.25, -0.2) is 17.5 Å². The molecule has 0 spiro atoms. The zero-order valence-corrected chi connectivity index (χ0v) is 14.4. The number of anilines is 1. The van der Waals surface area contributed by atoms with Crippen molar-refractivity contribution in [2.75, 3.05) is 24.5 Å². The van der Waals surface area contributed by atoms with E-state index >= 15 is 0 Å². The molecule has 128 valence electrons. The second-order valence-corrected chi connectivity index (χ2v) is 7.76. The lowest BCUT2D eigenvalue weighted by Crippen LogP contribution is -2.29. The SMILES string of the molecule is Cc1cc(F)ccc1S(=O)(=O)NCCCN1CCc2ccccc21. The molecule has 0 amide bonds. The van der Waals surface area contributed by atoms with Crippen LogP contribution in [0.25, 0.3) is 0 Å². The number of sulfonamides is 1. The van der Waals surface area contributed by atoms with Crippen LogP contribution in [0.5, 0.6) is 0 Å². The molecule has 1 aliphatic heterocycles. The molecule has 3 rings (SSSR count). The molecule has 0 radical (unpaired) electrons. The van der Waals surface area contributed by atoms with E-state index in [9.17, 15) is 12.8 Å². The van der Waals surface area contributed by atoms with Crippen LogP contribution in [-0.2, 0) is 16.4 Å². The van der Waals surface area contributed by atoms with E-state index in [0.717, 1.165) is 19.5 Å². The summed E-state index contributed by atoms with van der Waals surface area (Å²) in [5.41, 5.74) is 3.01. The molecule has 0 fully saturated rings. The van der Waals surface area contributed by atoms with E-state index in [2.05, 4.69) is 21.8 Å². The summed E-state index contributed by atoms with van der Waals surface area (Å²) in [4.78, 5) is 2.42. The number of nitrogens with one attached hydrogen (secondary N) is 1. The van der Waals surface area contributed by atoms with Gasteiger partial charge >= 0.3 is 0 Å². The van der Waals surface area contributed by atoms with Crippen LogP contribution in [0.1, 0.15) is 17.5 Å². The maximum absolute atomic E-state index is 13.1. The average Bonchev–Trinajstić information content (AvgIpc) is 2.94. The first-order valence-electron chi connectivity index (χ1n) is 8.06. The number of nitrogens with zero attached hydrogens (tertiary/aromatic N) is 1. The maximum atomic E-state index is 13.1. The number of benzene rings is 2. The van der Waals surface area contributed by atoms with E-state index in [4.69, 9.17) is 0 Å². The molecule has 0 saturated carbocycles. The van der Waals surface area contributed by atoms with Crippen LogP contribution in [0, 0.1) is 12.7 Å². The van der Waals surface area contributed by atoms with E-state index in [1.165, 1.54) is 29.4 Å². The molecule has 1 aliphatic rings. The molecule has 0 unspecified atom stereocenters. The predicted octanol–water partition coefficient (Wildman–Crippen LogP) is 2.87. The Hall–Kier alpha value is -1.92. The molecule has 2 aromatic carbocycles. The highest BCUT2D eigenvalue weighted by atomic mass is 32.2. The molecule has 0 bridgehead atoms. The molecule has 0 saturated heterocycles. The number of fused-ring (bicyclic) bond motifs is 1. The number of hydrogen-bond donors (Lipinski definition) is 1. The Kier molecular flexibility index (Phi) is 4.87. The molecule has 2 aromatic rings. The van der Waals surface area contributed by atoms with Gasteiger partial charge in [-0.1, -0.05) is 18.2 Å². The second-order valence-electron chi connectivity index (χ2n) is 6.03. The van der Waals surface area contributed by atoms with Crippen LogP contribution in [-0.4, -0.2) is 28.1 Å². The van der Waals surface area contributed by atoms with E-state index in [1.54, 1.807) is 6.92 Å². The van der Waals surface area contributed by atoms with Gasteiger partial charge in [0.2, 0.25) is 10.0 Å². The van der Waals surface area contributed by atoms with E-state index in [0.29, 0.717) is 18.5 Å². The van der Waals surface area contributed by atoms with Crippen molar-refractivity contribution < 1.29 is 12.8 Å². The third-order valence-electron chi connectivity index (χ3n) is 4.31. The van der Waals surface area contributed by atoms with Crippen LogP contribution in [0.3, 0.4) is 0 Å². The maximum Gasteiger partial charge on any atom is 0.240 e. The first-order valence-corrected chi connectivity index (χ1v) is 9.54. The zero-order chi connectivity index (χ0) is 17.2. The molecule has 1 heterocycles.